The van der Waals surface area contributed by atoms with Gasteiger partial charge in [0.05, 0.1) is 0 Å². The van der Waals surface area contributed by atoms with Crippen LogP contribution in [0.2, 0.25) is 0 Å². The van der Waals surface area contributed by atoms with Gasteiger partial charge in [-0.2, -0.15) is 0 Å². The Hall–Kier alpha value is -1.09. The lowest BCUT2D eigenvalue weighted by Gasteiger charge is -2.27. The molecule has 1 unspecified atom stereocenters. The zero-order valence-corrected chi connectivity index (χ0v) is 13.9. The van der Waals surface area contributed by atoms with Gasteiger partial charge in [0.2, 0.25) is 0 Å². The average molecular weight is 292 g/mol. The fourth-order valence-electron chi connectivity index (χ4n) is 3.03. The molecule has 1 atom stereocenters. The molecule has 0 amide bonds. The van der Waals surface area contributed by atoms with Gasteiger partial charge in [0.25, 0.3) is 0 Å². The Morgan fingerprint density at radius 1 is 1.29 bits per heavy atom. The monoisotopic (exact) mass is 292 g/mol. The fourth-order valence-corrected chi connectivity index (χ4v) is 3.03. The summed E-state index contributed by atoms with van der Waals surface area (Å²) in [6.45, 7) is 12.8. The first-order valence-corrected chi connectivity index (χ1v) is 8.15. The van der Waals surface area contributed by atoms with E-state index in [0.29, 0.717) is 11.3 Å². The third-order valence-corrected chi connectivity index (χ3v) is 4.48. The number of hydrogen-bond donors (Lipinski definition) is 1. The van der Waals surface area contributed by atoms with E-state index in [1.165, 1.54) is 6.42 Å². The number of nitrogens with zero attached hydrogens (tertiary/aromatic N) is 1. The maximum Gasteiger partial charge on any atom is 0.125 e. The molecule has 1 fully saturated rings. The maximum absolute atomic E-state index is 13.9. The Balaban J connectivity index is 2.06. The van der Waals surface area contributed by atoms with Crippen molar-refractivity contribution in [3.63, 3.8) is 0 Å². The van der Waals surface area contributed by atoms with Crippen molar-refractivity contribution in [3.8, 4) is 0 Å². The summed E-state index contributed by atoms with van der Waals surface area (Å²) in [7, 11) is 0. The van der Waals surface area contributed by atoms with Gasteiger partial charge >= 0.3 is 0 Å². The summed E-state index contributed by atoms with van der Waals surface area (Å²) in [4.78, 5) is 2.34. The lowest BCUT2D eigenvalue weighted by molar-refractivity contribution is 0.263. The smallest absolute Gasteiger partial charge is 0.125 e. The predicted octanol–water partition coefficient (Wildman–Crippen LogP) is 4.20. The van der Waals surface area contributed by atoms with Gasteiger partial charge in [-0.1, -0.05) is 27.7 Å². The second-order valence-corrected chi connectivity index (χ2v) is 7.29. The molecule has 0 spiro atoms. The molecule has 2 rings (SSSR count). The summed E-state index contributed by atoms with van der Waals surface area (Å²) in [6, 6.07) is 5.45. The number of halogens is 1. The van der Waals surface area contributed by atoms with E-state index in [9.17, 15) is 4.39 Å². The zero-order valence-electron chi connectivity index (χ0n) is 13.9. The van der Waals surface area contributed by atoms with E-state index in [0.717, 1.165) is 43.9 Å². The molecule has 1 heterocycles. The SMILES string of the molecule is CCCNCc1cc(F)cc(N2CCC(C(C)(C)C)C2)c1. The lowest BCUT2D eigenvalue weighted by atomic mass is 9.80. The van der Waals surface area contributed by atoms with E-state index in [2.05, 4.69) is 44.0 Å². The fraction of sp³-hybridized carbons (Fsp3) is 0.667. The number of nitrogens with one attached hydrogen (secondary N) is 1. The van der Waals surface area contributed by atoms with Crippen LogP contribution in [0.15, 0.2) is 18.2 Å². The minimum absolute atomic E-state index is 0.125. The molecule has 1 saturated heterocycles. The molecule has 0 saturated carbocycles. The van der Waals surface area contributed by atoms with Crippen molar-refractivity contribution in [2.75, 3.05) is 24.5 Å². The van der Waals surface area contributed by atoms with Crippen LogP contribution in [0.5, 0.6) is 0 Å². The minimum atomic E-state index is -0.125. The van der Waals surface area contributed by atoms with Gasteiger partial charge in [0.1, 0.15) is 5.82 Å². The Labute approximate surface area is 128 Å². The third-order valence-electron chi connectivity index (χ3n) is 4.48. The number of rotatable bonds is 5. The lowest BCUT2D eigenvalue weighted by Crippen LogP contribution is -2.26. The first-order valence-electron chi connectivity index (χ1n) is 8.15. The van der Waals surface area contributed by atoms with Crippen molar-refractivity contribution >= 4 is 5.69 Å². The molecule has 118 valence electrons. The molecule has 0 aromatic heterocycles. The summed E-state index contributed by atoms with van der Waals surface area (Å²) in [5, 5.41) is 3.34. The molecule has 2 nitrogen and oxygen atoms in total. The van der Waals surface area contributed by atoms with Crippen molar-refractivity contribution in [2.24, 2.45) is 11.3 Å². The Kier molecular flexibility index (Phi) is 5.26. The molecule has 1 aromatic carbocycles. The maximum atomic E-state index is 13.9. The van der Waals surface area contributed by atoms with E-state index in [1.54, 1.807) is 12.1 Å². The molecule has 1 aliphatic heterocycles. The molecular weight excluding hydrogens is 263 g/mol. The van der Waals surface area contributed by atoms with Crippen LogP contribution in [0.25, 0.3) is 0 Å². The summed E-state index contributed by atoms with van der Waals surface area (Å²) < 4.78 is 13.9. The number of anilines is 1. The van der Waals surface area contributed by atoms with Crippen molar-refractivity contribution in [2.45, 2.75) is 47.1 Å². The quantitative estimate of drug-likeness (QED) is 0.818. The van der Waals surface area contributed by atoms with Crippen molar-refractivity contribution in [1.82, 2.24) is 5.32 Å². The highest BCUT2D eigenvalue weighted by Crippen LogP contribution is 2.35. The van der Waals surface area contributed by atoms with Crippen molar-refractivity contribution in [3.05, 3.63) is 29.6 Å². The second kappa shape index (κ2) is 6.78. The summed E-state index contributed by atoms with van der Waals surface area (Å²) >= 11 is 0. The van der Waals surface area contributed by atoms with Gasteiger partial charge in [0, 0.05) is 25.3 Å². The summed E-state index contributed by atoms with van der Waals surface area (Å²) in [5.41, 5.74) is 2.40. The van der Waals surface area contributed by atoms with E-state index < -0.39 is 0 Å². The van der Waals surface area contributed by atoms with E-state index in [1.807, 2.05) is 0 Å². The largest absolute Gasteiger partial charge is 0.371 e. The predicted molar refractivity (Wildman–Crippen MR) is 88.2 cm³/mol. The van der Waals surface area contributed by atoms with E-state index in [4.69, 9.17) is 0 Å². The topological polar surface area (TPSA) is 15.3 Å². The van der Waals surface area contributed by atoms with Gasteiger partial charge in [-0.25, -0.2) is 4.39 Å². The average Bonchev–Trinajstić information content (AvgIpc) is 2.88. The highest BCUT2D eigenvalue weighted by atomic mass is 19.1. The summed E-state index contributed by atoms with van der Waals surface area (Å²) in [6.07, 6.45) is 2.30. The van der Waals surface area contributed by atoms with Crippen molar-refractivity contribution in [1.29, 1.82) is 0 Å². The molecule has 0 radical (unpaired) electrons. The van der Waals surface area contributed by atoms with Crippen LogP contribution in [0.4, 0.5) is 10.1 Å². The number of hydrogen-bond acceptors (Lipinski definition) is 2. The highest BCUT2D eigenvalue weighted by molar-refractivity contribution is 5.50. The first-order chi connectivity index (χ1) is 9.90. The Morgan fingerprint density at radius 2 is 2.05 bits per heavy atom. The van der Waals surface area contributed by atoms with Crippen molar-refractivity contribution < 1.29 is 4.39 Å². The minimum Gasteiger partial charge on any atom is -0.371 e. The van der Waals surface area contributed by atoms with Crippen LogP contribution in [-0.2, 0) is 6.54 Å². The molecular formula is C18H29FN2. The molecule has 3 heteroatoms. The zero-order chi connectivity index (χ0) is 15.5. The second-order valence-electron chi connectivity index (χ2n) is 7.29. The number of benzene rings is 1. The highest BCUT2D eigenvalue weighted by Gasteiger charge is 2.31. The van der Waals surface area contributed by atoms with Gasteiger partial charge in [0.15, 0.2) is 0 Å². The van der Waals surface area contributed by atoms with E-state index in [-0.39, 0.29) is 5.82 Å². The summed E-state index contributed by atoms with van der Waals surface area (Å²) in [5.74, 6) is 0.558. The van der Waals surface area contributed by atoms with Gasteiger partial charge < -0.3 is 10.2 Å². The van der Waals surface area contributed by atoms with Crippen LogP contribution in [0.3, 0.4) is 0 Å². The molecule has 1 aliphatic rings. The Bertz CT molecular complexity index is 465. The molecule has 0 aliphatic carbocycles. The molecule has 1 aromatic rings. The van der Waals surface area contributed by atoms with Crippen LogP contribution < -0.4 is 10.2 Å². The van der Waals surface area contributed by atoms with Crippen LogP contribution in [0, 0.1) is 17.2 Å². The molecule has 1 N–H and O–H groups in total. The van der Waals surface area contributed by atoms with Gasteiger partial charge in [-0.15, -0.1) is 0 Å². The van der Waals surface area contributed by atoms with Gasteiger partial charge in [-0.3, -0.25) is 0 Å². The van der Waals surface area contributed by atoms with Crippen LogP contribution in [-0.4, -0.2) is 19.6 Å². The van der Waals surface area contributed by atoms with Gasteiger partial charge in [-0.05, 0) is 54.5 Å². The van der Waals surface area contributed by atoms with E-state index >= 15 is 0 Å². The molecule has 21 heavy (non-hydrogen) atoms. The molecule has 0 bridgehead atoms. The van der Waals surface area contributed by atoms with Crippen LogP contribution in [0.1, 0.15) is 46.1 Å². The Morgan fingerprint density at radius 3 is 2.67 bits per heavy atom. The first kappa shape index (κ1) is 16.3. The van der Waals surface area contributed by atoms with Crippen LogP contribution >= 0.6 is 0 Å². The third kappa shape index (κ3) is 4.44. The normalized spacial score (nSPS) is 19.3. The standard InChI is InChI=1S/C18H29FN2/c1-5-7-20-12-14-9-16(19)11-17(10-14)21-8-6-15(13-21)18(2,3)4/h9-11,15,20H,5-8,12-13H2,1-4H3.